The van der Waals surface area contributed by atoms with Crippen molar-refractivity contribution in [1.29, 1.82) is 0 Å². The predicted octanol–water partition coefficient (Wildman–Crippen LogP) is 1.44. The lowest BCUT2D eigenvalue weighted by atomic mass is 9.83. The molecule has 1 heterocycles. The predicted molar refractivity (Wildman–Crippen MR) is 64.7 cm³/mol. The van der Waals surface area contributed by atoms with E-state index in [0.29, 0.717) is 12.0 Å². The molecule has 98 valence electrons. The Morgan fingerprint density at radius 3 is 3.06 bits per heavy atom. The lowest BCUT2D eigenvalue weighted by Gasteiger charge is -2.45. The summed E-state index contributed by atoms with van der Waals surface area (Å²) in [6.45, 7) is 4.06. The van der Waals surface area contributed by atoms with Gasteiger partial charge in [-0.15, -0.1) is 0 Å². The number of hydrogen-bond acceptors (Lipinski definition) is 3. The standard InChI is InChI=1S/C13H23NO3/c1-10-4-5-12-11(8-10)14(6-3-7-16-2)13(15)9-17-12/h10-12H,3-9H2,1-2H3/t10-,11?,12+/m1/s1. The molecule has 1 aliphatic carbocycles. The van der Waals surface area contributed by atoms with Crippen molar-refractivity contribution in [3.8, 4) is 0 Å². The molecule has 2 rings (SSSR count). The van der Waals surface area contributed by atoms with Crippen molar-refractivity contribution >= 4 is 5.91 Å². The van der Waals surface area contributed by atoms with Crippen LogP contribution in [0.15, 0.2) is 0 Å². The van der Waals surface area contributed by atoms with Crippen molar-refractivity contribution in [3.63, 3.8) is 0 Å². The molecule has 2 aliphatic rings. The molecule has 1 aliphatic heterocycles. The van der Waals surface area contributed by atoms with Crippen LogP contribution in [0.4, 0.5) is 0 Å². The van der Waals surface area contributed by atoms with E-state index >= 15 is 0 Å². The molecule has 0 aromatic carbocycles. The second-order valence-electron chi connectivity index (χ2n) is 5.27. The molecule has 0 aromatic rings. The smallest absolute Gasteiger partial charge is 0.248 e. The van der Waals surface area contributed by atoms with Crippen molar-refractivity contribution in [3.05, 3.63) is 0 Å². The molecular weight excluding hydrogens is 218 g/mol. The topological polar surface area (TPSA) is 38.8 Å². The van der Waals surface area contributed by atoms with Gasteiger partial charge in [0.15, 0.2) is 0 Å². The van der Waals surface area contributed by atoms with Gasteiger partial charge in [0.25, 0.3) is 0 Å². The number of rotatable bonds is 4. The number of fused-ring (bicyclic) bond motifs is 1. The van der Waals surface area contributed by atoms with Gasteiger partial charge >= 0.3 is 0 Å². The molecular formula is C13H23NO3. The van der Waals surface area contributed by atoms with Crippen LogP contribution in [0, 0.1) is 5.92 Å². The van der Waals surface area contributed by atoms with Crippen LogP contribution in [0.2, 0.25) is 0 Å². The van der Waals surface area contributed by atoms with E-state index in [-0.39, 0.29) is 18.6 Å². The average Bonchev–Trinajstić information content (AvgIpc) is 2.32. The largest absolute Gasteiger partial charge is 0.385 e. The van der Waals surface area contributed by atoms with Crippen LogP contribution in [0.25, 0.3) is 0 Å². The van der Waals surface area contributed by atoms with Gasteiger partial charge in [0.05, 0.1) is 12.1 Å². The fourth-order valence-electron chi connectivity index (χ4n) is 2.96. The third kappa shape index (κ3) is 2.99. The molecule has 1 saturated heterocycles. The van der Waals surface area contributed by atoms with Crippen LogP contribution in [-0.2, 0) is 14.3 Å². The van der Waals surface area contributed by atoms with E-state index in [1.165, 1.54) is 6.42 Å². The van der Waals surface area contributed by atoms with E-state index in [1.54, 1.807) is 7.11 Å². The second-order valence-corrected chi connectivity index (χ2v) is 5.27. The van der Waals surface area contributed by atoms with Crippen LogP contribution < -0.4 is 0 Å². The Hall–Kier alpha value is -0.610. The monoisotopic (exact) mass is 241 g/mol. The van der Waals surface area contributed by atoms with E-state index in [9.17, 15) is 4.79 Å². The number of ether oxygens (including phenoxy) is 2. The van der Waals surface area contributed by atoms with E-state index in [1.807, 2.05) is 4.90 Å². The zero-order valence-electron chi connectivity index (χ0n) is 10.9. The summed E-state index contributed by atoms with van der Waals surface area (Å²) in [4.78, 5) is 13.9. The first-order valence-corrected chi connectivity index (χ1v) is 6.62. The number of methoxy groups -OCH3 is 1. The Kier molecular flexibility index (Phi) is 4.40. The molecule has 2 fully saturated rings. The summed E-state index contributed by atoms with van der Waals surface area (Å²) in [6.07, 6.45) is 4.59. The SMILES string of the molecule is COCCCN1C(=O)CO[C@H]2CC[C@@H](C)CC21. The number of nitrogens with zero attached hydrogens (tertiary/aromatic N) is 1. The van der Waals surface area contributed by atoms with Crippen LogP contribution in [-0.4, -0.2) is 49.8 Å². The summed E-state index contributed by atoms with van der Waals surface area (Å²) in [5, 5.41) is 0. The maximum Gasteiger partial charge on any atom is 0.248 e. The molecule has 0 N–H and O–H groups in total. The molecule has 1 saturated carbocycles. The Morgan fingerprint density at radius 1 is 1.47 bits per heavy atom. The van der Waals surface area contributed by atoms with Crippen molar-refractivity contribution < 1.29 is 14.3 Å². The van der Waals surface area contributed by atoms with Gasteiger partial charge in [-0.05, 0) is 31.6 Å². The van der Waals surface area contributed by atoms with Crippen molar-refractivity contribution in [2.75, 3.05) is 26.9 Å². The molecule has 4 heteroatoms. The number of morpholine rings is 1. The number of carbonyl (C=O) groups excluding carboxylic acids is 1. The highest BCUT2D eigenvalue weighted by Gasteiger charge is 2.39. The summed E-state index contributed by atoms with van der Waals surface area (Å²) in [6, 6.07) is 0.303. The molecule has 3 atom stereocenters. The van der Waals surface area contributed by atoms with E-state index in [0.717, 1.165) is 32.4 Å². The number of hydrogen-bond donors (Lipinski definition) is 0. The zero-order valence-corrected chi connectivity index (χ0v) is 10.9. The second kappa shape index (κ2) is 5.83. The van der Waals surface area contributed by atoms with Crippen LogP contribution in [0.1, 0.15) is 32.6 Å². The van der Waals surface area contributed by atoms with Gasteiger partial charge in [-0.3, -0.25) is 4.79 Å². The highest BCUT2D eigenvalue weighted by atomic mass is 16.5. The summed E-state index contributed by atoms with van der Waals surface area (Å²) in [5.74, 6) is 0.854. The first kappa shape index (κ1) is 12.8. The summed E-state index contributed by atoms with van der Waals surface area (Å²) < 4.78 is 10.7. The van der Waals surface area contributed by atoms with E-state index in [2.05, 4.69) is 6.92 Å². The quantitative estimate of drug-likeness (QED) is 0.699. The van der Waals surface area contributed by atoms with Gasteiger partial charge in [-0.25, -0.2) is 0 Å². The Morgan fingerprint density at radius 2 is 2.29 bits per heavy atom. The van der Waals surface area contributed by atoms with Gasteiger partial charge in [0, 0.05) is 20.3 Å². The van der Waals surface area contributed by atoms with Crippen LogP contribution >= 0.6 is 0 Å². The minimum atomic E-state index is 0.149. The fourth-order valence-corrected chi connectivity index (χ4v) is 2.96. The highest BCUT2D eigenvalue weighted by Crippen LogP contribution is 2.32. The Bertz CT molecular complexity index is 269. The van der Waals surface area contributed by atoms with Crippen molar-refractivity contribution in [2.45, 2.75) is 44.8 Å². The molecule has 1 amide bonds. The van der Waals surface area contributed by atoms with Gasteiger partial charge in [0.2, 0.25) is 5.91 Å². The van der Waals surface area contributed by atoms with Crippen LogP contribution in [0.5, 0.6) is 0 Å². The maximum atomic E-state index is 11.9. The lowest BCUT2D eigenvalue weighted by molar-refractivity contribution is -0.162. The summed E-state index contributed by atoms with van der Waals surface area (Å²) in [7, 11) is 1.70. The number of amides is 1. The van der Waals surface area contributed by atoms with Crippen molar-refractivity contribution in [2.24, 2.45) is 5.92 Å². The molecule has 1 unspecified atom stereocenters. The van der Waals surface area contributed by atoms with E-state index in [4.69, 9.17) is 9.47 Å². The molecule has 0 spiro atoms. The fraction of sp³-hybridized carbons (Fsp3) is 0.923. The zero-order chi connectivity index (χ0) is 12.3. The Balaban J connectivity index is 1.96. The maximum absolute atomic E-state index is 11.9. The molecule has 4 nitrogen and oxygen atoms in total. The normalized spacial score (nSPS) is 33.6. The number of carbonyl (C=O) groups is 1. The molecule has 0 radical (unpaired) electrons. The van der Waals surface area contributed by atoms with Crippen LogP contribution in [0.3, 0.4) is 0 Å². The molecule has 17 heavy (non-hydrogen) atoms. The first-order chi connectivity index (χ1) is 8.22. The van der Waals surface area contributed by atoms with Crippen molar-refractivity contribution in [1.82, 2.24) is 4.90 Å². The Labute approximate surface area is 103 Å². The highest BCUT2D eigenvalue weighted by molar-refractivity contribution is 5.78. The molecule has 0 bridgehead atoms. The van der Waals surface area contributed by atoms with Gasteiger partial charge < -0.3 is 14.4 Å². The first-order valence-electron chi connectivity index (χ1n) is 6.62. The van der Waals surface area contributed by atoms with Gasteiger partial charge in [-0.2, -0.15) is 0 Å². The van der Waals surface area contributed by atoms with E-state index < -0.39 is 0 Å². The molecule has 0 aromatic heterocycles. The minimum Gasteiger partial charge on any atom is -0.385 e. The third-order valence-corrected chi connectivity index (χ3v) is 3.91. The lowest BCUT2D eigenvalue weighted by Crippen LogP contribution is -2.56. The average molecular weight is 241 g/mol. The minimum absolute atomic E-state index is 0.149. The third-order valence-electron chi connectivity index (χ3n) is 3.91. The summed E-state index contributed by atoms with van der Waals surface area (Å²) >= 11 is 0. The summed E-state index contributed by atoms with van der Waals surface area (Å²) in [5.41, 5.74) is 0. The van der Waals surface area contributed by atoms with Gasteiger partial charge in [-0.1, -0.05) is 6.92 Å². The van der Waals surface area contributed by atoms with Gasteiger partial charge in [0.1, 0.15) is 6.61 Å².